The molecule has 0 atom stereocenters. The van der Waals surface area contributed by atoms with Crippen LogP contribution in [0, 0.1) is 24.7 Å². The normalized spacial score (nSPS) is 41.5. The second kappa shape index (κ2) is 4.04. The molecule has 4 bridgehead atoms. The van der Waals surface area contributed by atoms with Crippen LogP contribution in [0.2, 0.25) is 0 Å². The van der Waals surface area contributed by atoms with Crippen LogP contribution in [0.4, 0.5) is 0 Å². The summed E-state index contributed by atoms with van der Waals surface area (Å²) in [6.45, 7) is 3.08. The predicted octanol–water partition coefficient (Wildman–Crippen LogP) is 3.51. The van der Waals surface area contributed by atoms with E-state index in [1.807, 2.05) is 0 Å². The molecule has 5 rings (SSSR count). The van der Waals surface area contributed by atoms with Crippen molar-refractivity contribution in [1.29, 1.82) is 0 Å². The maximum absolute atomic E-state index is 4.58. The lowest BCUT2D eigenvalue weighted by molar-refractivity contribution is -0.0206. The van der Waals surface area contributed by atoms with E-state index in [-0.39, 0.29) is 0 Å². The van der Waals surface area contributed by atoms with Crippen LogP contribution in [-0.4, -0.2) is 10.5 Å². The quantitative estimate of drug-likeness (QED) is 0.901. The Balaban J connectivity index is 1.47. The Labute approximate surface area is 113 Å². The van der Waals surface area contributed by atoms with Crippen molar-refractivity contribution >= 4 is 11.3 Å². The molecule has 4 aliphatic carbocycles. The molecule has 0 radical (unpaired) electrons. The van der Waals surface area contributed by atoms with Crippen molar-refractivity contribution in [2.24, 2.45) is 17.8 Å². The minimum atomic E-state index is 0.480. The molecule has 0 aliphatic heterocycles. The molecule has 4 fully saturated rings. The molecule has 0 unspecified atom stereocenters. The van der Waals surface area contributed by atoms with Crippen molar-refractivity contribution in [2.45, 2.75) is 57.5 Å². The molecule has 1 heterocycles. The van der Waals surface area contributed by atoms with E-state index in [0.29, 0.717) is 5.54 Å². The number of hydrogen-bond donors (Lipinski definition) is 1. The molecule has 0 amide bonds. The van der Waals surface area contributed by atoms with Gasteiger partial charge in [0.1, 0.15) is 5.01 Å². The highest BCUT2D eigenvalue weighted by Crippen LogP contribution is 2.55. The maximum atomic E-state index is 4.58. The summed E-state index contributed by atoms with van der Waals surface area (Å²) in [6, 6.07) is 0. The molecule has 1 N–H and O–H groups in total. The van der Waals surface area contributed by atoms with Gasteiger partial charge in [-0.2, -0.15) is 0 Å². The van der Waals surface area contributed by atoms with Crippen LogP contribution < -0.4 is 5.32 Å². The van der Waals surface area contributed by atoms with Crippen LogP contribution in [0.25, 0.3) is 0 Å². The van der Waals surface area contributed by atoms with E-state index in [2.05, 4.69) is 22.6 Å². The van der Waals surface area contributed by atoms with Crippen LogP contribution >= 0.6 is 11.3 Å². The van der Waals surface area contributed by atoms with E-state index >= 15 is 0 Å². The summed E-state index contributed by atoms with van der Waals surface area (Å²) in [6.07, 6.45) is 8.88. The minimum absolute atomic E-state index is 0.480. The van der Waals surface area contributed by atoms with Crippen LogP contribution in [0.1, 0.15) is 49.2 Å². The molecule has 3 heteroatoms. The maximum Gasteiger partial charge on any atom is 0.107 e. The number of nitrogens with one attached hydrogen (secondary N) is 1. The summed E-state index contributed by atoms with van der Waals surface area (Å²) in [5, 5.41) is 7.34. The van der Waals surface area contributed by atoms with Crippen molar-refractivity contribution in [3.63, 3.8) is 0 Å². The number of rotatable bonds is 3. The fourth-order valence-electron chi connectivity index (χ4n) is 5.07. The molecule has 4 aliphatic rings. The number of aryl methyl sites for hydroxylation is 1. The lowest BCUT2D eigenvalue weighted by Gasteiger charge is -2.57. The minimum Gasteiger partial charge on any atom is -0.305 e. The molecular weight excluding hydrogens is 240 g/mol. The third-order valence-electron chi connectivity index (χ3n) is 5.32. The Morgan fingerprint density at radius 1 is 1.22 bits per heavy atom. The first kappa shape index (κ1) is 11.4. The number of nitrogens with zero attached hydrogens (tertiary/aromatic N) is 1. The standard InChI is InChI=1S/C15H22N2S/c1-10-9-18-14(17-10)8-16-15-5-11-2-12(6-15)4-13(3-11)7-15/h9,11-13,16H,2-8H2,1H3. The van der Waals surface area contributed by atoms with Gasteiger partial charge in [-0.25, -0.2) is 4.98 Å². The van der Waals surface area contributed by atoms with Crippen LogP contribution in [0.3, 0.4) is 0 Å². The molecule has 18 heavy (non-hydrogen) atoms. The first-order chi connectivity index (χ1) is 8.71. The number of thiazole rings is 1. The highest BCUT2D eigenvalue weighted by molar-refractivity contribution is 7.09. The Hall–Kier alpha value is -0.410. The summed E-state index contributed by atoms with van der Waals surface area (Å²) in [7, 11) is 0. The second-order valence-corrected chi connectivity index (χ2v) is 7.88. The Bertz CT molecular complexity index is 416. The first-order valence-electron chi connectivity index (χ1n) is 7.37. The third kappa shape index (κ3) is 1.92. The van der Waals surface area contributed by atoms with E-state index in [1.165, 1.54) is 49.2 Å². The molecule has 2 nitrogen and oxygen atoms in total. The van der Waals surface area contributed by atoms with Gasteiger partial charge in [0.15, 0.2) is 0 Å². The molecule has 0 aromatic carbocycles. The van der Waals surface area contributed by atoms with Crippen molar-refractivity contribution in [2.75, 3.05) is 0 Å². The van der Waals surface area contributed by atoms with Gasteiger partial charge in [-0.15, -0.1) is 11.3 Å². The zero-order valence-electron chi connectivity index (χ0n) is 11.1. The highest BCUT2D eigenvalue weighted by atomic mass is 32.1. The fourth-order valence-corrected chi connectivity index (χ4v) is 5.79. The van der Waals surface area contributed by atoms with E-state index in [0.717, 1.165) is 24.3 Å². The first-order valence-corrected chi connectivity index (χ1v) is 8.25. The monoisotopic (exact) mass is 262 g/mol. The Morgan fingerprint density at radius 3 is 2.33 bits per heavy atom. The number of aromatic nitrogens is 1. The van der Waals surface area contributed by atoms with E-state index in [4.69, 9.17) is 0 Å². The summed E-state index contributed by atoms with van der Waals surface area (Å²) in [5.74, 6) is 3.09. The van der Waals surface area contributed by atoms with Gasteiger partial charge in [0.05, 0.1) is 0 Å². The smallest absolute Gasteiger partial charge is 0.107 e. The molecule has 4 saturated carbocycles. The molecular formula is C15H22N2S. The third-order valence-corrected chi connectivity index (χ3v) is 6.29. The average Bonchev–Trinajstić information content (AvgIpc) is 2.71. The topological polar surface area (TPSA) is 24.9 Å². The van der Waals surface area contributed by atoms with Crippen LogP contribution in [0.15, 0.2) is 5.38 Å². The molecule has 1 aromatic heterocycles. The van der Waals surface area contributed by atoms with Crippen molar-refractivity contribution < 1.29 is 0 Å². The molecule has 1 aromatic rings. The van der Waals surface area contributed by atoms with Gasteiger partial charge in [-0.05, 0) is 63.2 Å². The van der Waals surface area contributed by atoms with Crippen molar-refractivity contribution in [3.8, 4) is 0 Å². The van der Waals surface area contributed by atoms with Crippen molar-refractivity contribution in [3.05, 3.63) is 16.1 Å². The summed E-state index contributed by atoms with van der Waals surface area (Å²) in [5.41, 5.74) is 1.65. The summed E-state index contributed by atoms with van der Waals surface area (Å²) in [4.78, 5) is 4.58. The predicted molar refractivity (Wildman–Crippen MR) is 74.6 cm³/mol. The second-order valence-electron chi connectivity index (χ2n) is 6.93. The van der Waals surface area contributed by atoms with Gasteiger partial charge in [0, 0.05) is 23.2 Å². The van der Waals surface area contributed by atoms with E-state index < -0.39 is 0 Å². The molecule has 98 valence electrons. The van der Waals surface area contributed by atoms with Gasteiger partial charge in [0.25, 0.3) is 0 Å². The lowest BCUT2D eigenvalue weighted by atomic mass is 9.53. The summed E-state index contributed by atoms with van der Waals surface area (Å²) < 4.78 is 0. The zero-order chi connectivity index (χ0) is 12.2. The van der Waals surface area contributed by atoms with Crippen molar-refractivity contribution in [1.82, 2.24) is 10.3 Å². The zero-order valence-corrected chi connectivity index (χ0v) is 11.9. The van der Waals surface area contributed by atoms with Gasteiger partial charge in [-0.1, -0.05) is 0 Å². The van der Waals surface area contributed by atoms with Crippen LogP contribution in [0.5, 0.6) is 0 Å². The van der Waals surface area contributed by atoms with Gasteiger partial charge in [-0.3, -0.25) is 0 Å². The number of hydrogen-bond acceptors (Lipinski definition) is 3. The lowest BCUT2D eigenvalue weighted by Crippen LogP contribution is -2.58. The van der Waals surface area contributed by atoms with E-state index in [1.54, 1.807) is 11.3 Å². The molecule has 0 saturated heterocycles. The highest BCUT2D eigenvalue weighted by Gasteiger charge is 2.50. The average molecular weight is 262 g/mol. The largest absolute Gasteiger partial charge is 0.305 e. The van der Waals surface area contributed by atoms with Gasteiger partial charge in [0.2, 0.25) is 0 Å². The Morgan fingerprint density at radius 2 is 1.83 bits per heavy atom. The van der Waals surface area contributed by atoms with Crippen LogP contribution in [-0.2, 0) is 6.54 Å². The van der Waals surface area contributed by atoms with Gasteiger partial charge < -0.3 is 5.32 Å². The molecule has 0 spiro atoms. The summed E-state index contributed by atoms with van der Waals surface area (Å²) >= 11 is 1.80. The fraction of sp³-hybridized carbons (Fsp3) is 0.800. The Kier molecular flexibility index (Phi) is 2.56. The van der Waals surface area contributed by atoms with Gasteiger partial charge >= 0.3 is 0 Å². The van der Waals surface area contributed by atoms with E-state index in [9.17, 15) is 0 Å². The SMILES string of the molecule is Cc1csc(CNC23CC4CC(CC(C4)C2)C3)n1.